The van der Waals surface area contributed by atoms with Gasteiger partial charge in [-0.2, -0.15) is 0 Å². The van der Waals surface area contributed by atoms with Crippen molar-refractivity contribution in [2.45, 2.75) is 26.3 Å². The summed E-state index contributed by atoms with van der Waals surface area (Å²) in [6.07, 6.45) is 0.843. The number of amides is 1. The summed E-state index contributed by atoms with van der Waals surface area (Å²) in [4.78, 5) is 14.0. The quantitative estimate of drug-likeness (QED) is 0.919. The van der Waals surface area contributed by atoms with Crippen LogP contribution in [0.3, 0.4) is 0 Å². The molecule has 1 aliphatic rings. The van der Waals surface area contributed by atoms with E-state index in [1.54, 1.807) is 0 Å². The maximum absolute atomic E-state index is 12.2. The molecule has 0 aliphatic carbocycles. The van der Waals surface area contributed by atoms with E-state index in [4.69, 9.17) is 10.5 Å². The van der Waals surface area contributed by atoms with Gasteiger partial charge in [-0.1, -0.05) is 35.8 Å². The van der Waals surface area contributed by atoms with Crippen LogP contribution in [0.25, 0.3) is 0 Å². The molecule has 20 heavy (non-hydrogen) atoms. The normalized spacial score (nSPS) is 21.6. The van der Waals surface area contributed by atoms with Gasteiger partial charge in [0, 0.05) is 23.6 Å². The fourth-order valence-corrected chi connectivity index (χ4v) is 2.76. The zero-order valence-corrected chi connectivity index (χ0v) is 13.5. The lowest BCUT2D eigenvalue weighted by molar-refractivity contribution is -0.136. The van der Waals surface area contributed by atoms with Crippen molar-refractivity contribution < 1.29 is 9.53 Å². The van der Waals surface area contributed by atoms with E-state index in [1.807, 2.05) is 29.2 Å². The summed E-state index contributed by atoms with van der Waals surface area (Å²) in [5.74, 6) is 0.714. The second-order valence-corrected chi connectivity index (χ2v) is 6.86. The fraction of sp³-hybridized carbons (Fsp3) is 0.533. The van der Waals surface area contributed by atoms with Crippen LogP contribution in [0.2, 0.25) is 0 Å². The summed E-state index contributed by atoms with van der Waals surface area (Å²) >= 11 is 3.38. The molecule has 1 atom stereocenters. The number of likely N-dealkylation sites (tertiary alicyclic amines) is 1. The van der Waals surface area contributed by atoms with Crippen molar-refractivity contribution >= 4 is 21.8 Å². The Hall–Kier alpha value is -1.07. The van der Waals surface area contributed by atoms with Crippen molar-refractivity contribution in [2.24, 2.45) is 11.1 Å². The molecule has 0 bridgehead atoms. The standard InChI is InChI=1S/C15H21BrN2O2/c1-15(2)10-18(7-6-13(15)17)14(19)9-20-12-5-3-4-11(16)8-12/h3-5,8,13H,6-7,9-10,17H2,1-2H3. The van der Waals surface area contributed by atoms with Crippen LogP contribution in [-0.2, 0) is 4.79 Å². The topological polar surface area (TPSA) is 55.6 Å². The Morgan fingerprint density at radius 1 is 1.55 bits per heavy atom. The third-order valence-corrected chi connectivity index (χ3v) is 4.32. The molecule has 0 saturated carbocycles. The first-order valence-electron chi connectivity index (χ1n) is 6.80. The van der Waals surface area contributed by atoms with E-state index in [9.17, 15) is 4.79 Å². The number of hydrogen-bond donors (Lipinski definition) is 1. The summed E-state index contributed by atoms with van der Waals surface area (Å²) < 4.78 is 6.48. The van der Waals surface area contributed by atoms with Crippen molar-refractivity contribution in [3.63, 3.8) is 0 Å². The lowest BCUT2D eigenvalue weighted by atomic mass is 9.80. The van der Waals surface area contributed by atoms with Crippen molar-refractivity contribution in [1.29, 1.82) is 0 Å². The molecule has 1 aromatic carbocycles. The van der Waals surface area contributed by atoms with Crippen LogP contribution in [0.15, 0.2) is 28.7 Å². The van der Waals surface area contributed by atoms with Gasteiger partial charge in [-0.05, 0) is 30.0 Å². The average Bonchev–Trinajstić information content (AvgIpc) is 2.39. The van der Waals surface area contributed by atoms with Crippen molar-refractivity contribution in [3.05, 3.63) is 28.7 Å². The van der Waals surface area contributed by atoms with E-state index >= 15 is 0 Å². The SMILES string of the molecule is CC1(C)CN(C(=O)COc2cccc(Br)c2)CCC1N. The summed E-state index contributed by atoms with van der Waals surface area (Å²) in [7, 11) is 0. The Kier molecular flexibility index (Phi) is 4.70. The Morgan fingerprint density at radius 2 is 2.30 bits per heavy atom. The molecule has 2 N–H and O–H groups in total. The molecule has 1 saturated heterocycles. The fourth-order valence-electron chi connectivity index (χ4n) is 2.38. The number of carbonyl (C=O) groups excluding carboxylic acids is 1. The maximum Gasteiger partial charge on any atom is 0.260 e. The number of halogens is 1. The minimum absolute atomic E-state index is 0.0185. The minimum Gasteiger partial charge on any atom is -0.484 e. The van der Waals surface area contributed by atoms with Crippen molar-refractivity contribution in [2.75, 3.05) is 19.7 Å². The molecule has 110 valence electrons. The predicted octanol–water partition coefficient (Wildman–Crippen LogP) is 2.41. The number of carbonyl (C=O) groups is 1. The molecular formula is C15H21BrN2O2. The van der Waals surface area contributed by atoms with Gasteiger partial charge in [-0.25, -0.2) is 0 Å². The number of nitrogens with zero attached hydrogens (tertiary/aromatic N) is 1. The number of nitrogens with two attached hydrogens (primary N) is 1. The Bertz CT molecular complexity index is 491. The largest absolute Gasteiger partial charge is 0.484 e. The third kappa shape index (κ3) is 3.73. The summed E-state index contributed by atoms with van der Waals surface area (Å²) in [5, 5.41) is 0. The van der Waals surface area contributed by atoms with Crippen molar-refractivity contribution in [3.8, 4) is 5.75 Å². The first kappa shape index (κ1) is 15.3. The Morgan fingerprint density at radius 3 is 2.95 bits per heavy atom. The van der Waals surface area contributed by atoms with Crippen LogP contribution in [-0.4, -0.2) is 36.5 Å². The number of piperidine rings is 1. The molecule has 0 radical (unpaired) electrons. The van der Waals surface area contributed by atoms with E-state index in [2.05, 4.69) is 29.8 Å². The van der Waals surface area contributed by atoms with Gasteiger partial charge >= 0.3 is 0 Å². The molecule has 2 rings (SSSR count). The number of hydrogen-bond acceptors (Lipinski definition) is 3. The van der Waals surface area contributed by atoms with Crippen LogP contribution in [0.1, 0.15) is 20.3 Å². The highest BCUT2D eigenvalue weighted by Gasteiger charge is 2.35. The molecule has 0 aromatic heterocycles. The molecular weight excluding hydrogens is 320 g/mol. The van der Waals surface area contributed by atoms with E-state index < -0.39 is 0 Å². The van der Waals surface area contributed by atoms with Gasteiger partial charge in [0.25, 0.3) is 5.91 Å². The number of ether oxygens (including phenoxy) is 1. The highest BCUT2D eigenvalue weighted by atomic mass is 79.9. The van der Waals surface area contributed by atoms with E-state index in [-0.39, 0.29) is 24.0 Å². The molecule has 0 spiro atoms. The van der Waals surface area contributed by atoms with Crippen molar-refractivity contribution in [1.82, 2.24) is 4.90 Å². The second kappa shape index (κ2) is 6.14. The van der Waals surface area contributed by atoms with E-state index in [0.29, 0.717) is 18.8 Å². The predicted molar refractivity (Wildman–Crippen MR) is 82.6 cm³/mol. The summed E-state index contributed by atoms with van der Waals surface area (Å²) in [6.45, 7) is 5.68. The molecule has 1 heterocycles. The van der Waals surface area contributed by atoms with Crippen LogP contribution >= 0.6 is 15.9 Å². The third-order valence-electron chi connectivity index (χ3n) is 3.82. The van der Waals surface area contributed by atoms with Crippen LogP contribution in [0, 0.1) is 5.41 Å². The zero-order valence-electron chi connectivity index (χ0n) is 11.9. The Labute approximate surface area is 128 Å². The zero-order chi connectivity index (χ0) is 14.8. The monoisotopic (exact) mass is 340 g/mol. The van der Waals surface area contributed by atoms with Gasteiger partial charge in [0.1, 0.15) is 5.75 Å². The second-order valence-electron chi connectivity index (χ2n) is 5.95. The Balaban J connectivity index is 1.89. The maximum atomic E-state index is 12.2. The molecule has 1 aliphatic heterocycles. The molecule has 1 fully saturated rings. The first-order valence-corrected chi connectivity index (χ1v) is 7.59. The average molecular weight is 341 g/mol. The van der Waals surface area contributed by atoms with Gasteiger partial charge in [0.2, 0.25) is 0 Å². The van der Waals surface area contributed by atoms with E-state index in [0.717, 1.165) is 10.9 Å². The number of benzene rings is 1. The van der Waals surface area contributed by atoms with Gasteiger partial charge in [0.15, 0.2) is 6.61 Å². The highest BCUT2D eigenvalue weighted by molar-refractivity contribution is 9.10. The molecule has 4 nitrogen and oxygen atoms in total. The minimum atomic E-state index is -0.0380. The van der Waals surface area contributed by atoms with E-state index in [1.165, 1.54) is 0 Å². The van der Waals surface area contributed by atoms with Gasteiger partial charge in [-0.15, -0.1) is 0 Å². The number of rotatable bonds is 3. The highest BCUT2D eigenvalue weighted by Crippen LogP contribution is 2.27. The van der Waals surface area contributed by atoms with Crippen LogP contribution < -0.4 is 10.5 Å². The van der Waals surface area contributed by atoms with Crippen LogP contribution in [0.5, 0.6) is 5.75 Å². The summed E-state index contributed by atoms with van der Waals surface area (Å²) in [5.41, 5.74) is 6.04. The molecule has 1 aromatic rings. The smallest absolute Gasteiger partial charge is 0.260 e. The lowest BCUT2D eigenvalue weighted by Gasteiger charge is -2.42. The van der Waals surface area contributed by atoms with Gasteiger partial charge in [-0.3, -0.25) is 4.79 Å². The summed E-state index contributed by atoms with van der Waals surface area (Å²) in [6, 6.07) is 7.64. The first-order chi connectivity index (χ1) is 9.38. The molecule has 1 amide bonds. The molecule has 5 heteroatoms. The van der Waals surface area contributed by atoms with Gasteiger partial charge < -0.3 is 15.4 Å². The lowest BCUT2D eigenvalue weighted by Crippen LogP contribution is -2.54. The van der Waals surface area contributed by atoms with Crippen LogP contribution in [0.4, 0.5) is 0 Å². The molecule has 1 unspecified atom stereocenters. The van der Waals surface area contributed by atoms with Gasteiger partial charge in [0.05, 0.1) is 0 Å².